The number of rotatable bonds is 5. The molecular formula is C29H41N5O4. The Hall–Kier alpha value is -3.36. The van der Waals surface area contributed by atoms with Gasteiger partial charge < -0.3 is 25.8 Å². The van der Waals surface area contributed by atoms with E-state index in [1.807, 2.05) is 37.4 Å². The Labute approximate surface area is 224 Å². The van der Waals surface area contributed by atoms with Crippen molar-refractivity contribution in [1.82, 2.24) is 25.8 Å². The van der Waals surface area contributed by atoms with E-state index in [1.165, 1.54) is 0 Å². The van der Waals surface area contributed by atoms with Gasteiger partial charge in [-0.15, -0.1) is 0 Å². The molecule has 0 bridgehead atoms. The number of benzene rings is 1. The van der Waals surface area contributed by atoms with Crippen LogP contribution < -0.4 is 16.0 Å². The molecule has 5 atom stereocenters. The first-order valence-corrected chi connectivity index (χ1v) is 13.9. The number of hydrogen-bond acceptors (Lipinski definition) is 4. The molecule has 0 aliphatic carbocycles. The van der Waals surface area contributed by atoms with E-state index >= 15 is 0 Å². The standard InChI is InChI=1S/C29H41N5O4/c1-5-26(35)31-20-14-25-28(37)33-22(17(2)3)11-10-18(4)12-27(36)32-24(29(38)34(25)16-20)13-19-15-30-23-9-7-6-8-21(19)23/h6-9,15,17-18,20,22,24-25,30H,5,10-14,16H2,1-4H3,(H,31,35)(H,32,36)(H,33,37)/t18-,20-,22+,24-,25+/m1/s1. The minimum absolute atomic E-state index is 0.0583. The SMILES string of the molecule is CCC(=O)N[C@@H]1C[C@H]2C(=O)N[C@H](C(C)C)CC[C@@H](C)CC(=O)N[C@H](Cc3c[nH]c4ccccc34)C(=O)N2C1. The monoisotopic (exact) mass is 523 g/mol. The van der Waals surface area contributed by atoms with E-state index in [0.717, 1.165) is 29.3 Å². The molecule has 2 aliphatic heterocycles. The molecule has 2 aromatic rings. The summed E-state index contributed by atoms with van der Waals surface area (Å²) in [5.41, 5.74) is 1.88. The van der Waals surface area contributed by atoms with E-state index in [4.69, 9.17) is 0 Å². The smallest absolute Gasteiger partial charge is 0.246 e. The number of fused-ring (bicyclic) bond motifs is 2. The second kappa shape index (κ2) is 12.0. The van der Waals surface area contributed by atoms with Crippen LogP contribution in [0.2, 0.25) is 0 Å². The van der Waals surface area contributed by atoms with E-state index < -0.39 is 12.1 Å². The maximum Gasteiger partial charge on any atom is 0.246 e. The molecule has 0 saturated carbocycles. The van der Waals surface area contributed by atoms with Crippen molar-refractivity contribution < 1.29 is 19.2 Å². The van der Waals surface area contributed by atoms with Crippen LogP contribution in [0.3, 0.4) is 0 Å². The lowest BCUT2D eigenvalue weighted by Crippen LogP contribution is -2.55. The molecule has 0 unspecified atom stereocenters. The summed E-state index contributed by atoms with van der Waals surface area (Å²) in [6.07, 6.45) is 4.71. The molecule has 3 heterocycles. The van der Waals surface area contributed by atoms with Crippen LogP contribution in [-0.2, 0) is 25.6 Å². The van der Waals surface area contributed by atoms with Crippen LogP contribution in [0.25, 0.3) is 10.9 Å². The summed E-state index contributed by atoms with van der Waals surface area (Å²) in [6, 6.07) is 5.92. The lowest BCUT2D eigenvalue weighted by molar-refractivity contribution is -0.141. The van der Waals surface area contributed by atoms with Crippen molar-refractivity contribution in [3.05, 3.63) is 36.0 Å². The van der Waals surface area contributed by atoms with Crippen LogP contribution in [0.4, 0.5) is 0 Å². The van der Waals surface area contributed by atoms with Gasteiger partial charge in [-0.1, -0.05) is 45.9 Å². The van der Waals surface area contributed by atoms with Crippen LogP contribution in [0, 0.1) is 11.8 Å². The third-order valence-electron chi connectivity index (χ3n) is 7.94. The van der Waals surface area contributed by atoms with Gasteiger partial charge in [-0.05, 0) is 42.7 Å². The molecule has 0 spiro atoms. The minimum Gasteiger partial charge on any atom is -0.361 e. The fourth-order valence-corrected chi connectivity index (χ4v) is 5.67. The third kappa shape index (κ3) is 6.37. The van der Waals surface area contributed by atoms with Gasteiger partial charge >= 0.3 is 0 Å². The predicted octanol–water partition coefficient (Wildman–Crippen LogP) is 2.65. The van der Waals surface area contributed by atoms with Crippen LogP contribution >= 0.6 is 0 Å². The molecule has 2 saturated heterocycles. The third-order valence-corrected chi connectivity index (χ3v) is 7.94. The van der Waals surface area contributed by atoms with Crippen molar-refractivity contribution in [3.63, 3.8) is 0 Å². The second-order valence-corrected chi connectivity index (χ2v) is 11.3. The highest BCUT2D eigenvalue weighted by Crippen LogP contribution is 2.25. The maximum atomic E-state index is 14.1. The maximum absolute atomic E-state index is 14.1. The topological polar surface area (TPSA) is 123 Å². The Morgan fingerprint density at radius 3 is 2.63 bits per heavy atom. The van der Waals surface area contributed by atoms with Crippen molar-refractivity contribution in [2.45, 2.75) is 90.4 Å². The highest BCUT2D eigenvalue weighted by Gasteiger charge is 2.43. The lowest BCUT2D eigenvalue weighted by atomic mass is 9.92. The summed E-state index contributed by atoms with van der Waals surface area (Å²) in [6.45, 7) is 8.18. The Kier molecular flexibility index (Phi) is 8.74. The van der Waals surface area contributed by atoms with Crippen LogP contribution in [-0.4, -0.2) is 64.2 Å². The molecule has 0 radical (unpaired) electrons. The van der Waals surface area contributed by atoms with Crippen molar-refractivity contribution in [2.75, 3.05) is 6.54 Å². The summed E-state index contributed by atoms with van der Waals surface area (Å²) in [4.78, 5) is 57.8. The highest BCUT2D eigenvalue weighted by molar-refractivity contribution is 5.94. The first kappa shape index (κ1) is 27.7. The van der Waals surface area contributed by atoms with Crippen molar-refractivity contribution in [2.24, 2.45) is 11.8 Å². The van der Waals surface area contributed by atoms with Gasteiger partial charge in [-0.25, -0.2) is 0 Å². The predicted molar refractivity (Wildman–Crippen MR) is 146 cm³/mol. The Morgan fingerprint density at radius 2 is 1.89 bits per heavy atom. The molecule has 1 aromatic heterocycles. The van der Waals surface area contributed by atoms with Crippen LogP contribution in [0.15, 0.2) is 30.5 Å². The molecular weight excluding hydrogens is 482 g/mol. The Morgan fingerprint density at radius 1 is 1.13 bits per heavy atom. The largest absolute Gasteiger partial charge is 0.361 e. The molecule has 2 fully saturated rings. The van der Waals surface area contributed by atoms with E-state index in [2.05, 4.69) is 34.8 Å². The number of H-pyrrole nitrogens is 1. The van der Waals surface area contributed by atoms with Gasteiger partial charge in [0, 0.05) is 55.0 Å². The summed E-state index contributed by atoms with van der Waals surface area (Å²) in [5, 5.41) is 10.2. The van der Waals surface area contributed by atoms with E-state index in [-0.39, 0.29) is 54.1 Å². The van der Waals surface area contributed by atoms with E-state index in [0.29, 0.717) is 25.7 Å². The summed E-state index contributed by atoms with van der Waals surface area (Å²) in [7, 11) is 0. The summed E-state index contributed by atoms with van der Waals surface area (Å²) < 4.78 is 0. The number of carbonyl (C=O) groups excluding carboxylic acids is 4. The van der Waals surface area contributed by atoms with Gasteiger partial charge in [-0.3, -0.25) is 19.2 Å². The number of nitrogens with one attached hydrogen (secondary N) is 4. The zero-order valence-corrected chi connectivity index (χ0v) is 22.9. The average molecular weight is 524 g/mol. The van der Waals surface area contributed by atoms with E-state index in [9.17, 15) is 19.2 Å². The zero-order chi connectivity index (χ0) is 27.4. The first-order valence-electron chi connectivity index (χ1n) is 13.9. The fraction of sp³-hybridized carbons (Fsp3) is 0.586. The number of hydrogen-bond donors (Lipinski definition) is 4. The lowest BCUT2D eigenvalue weighted by Gasteiger charge is -2.30. The van der Waals surface area contributed by atoms with Gasteiger partial charge in [-0.2, -0.15) is 0 Å². The van der Waals surface area contributed by atoms with Crippen molar-refractivity contribution in [1.29, 1.82) is 0 Å². The van der Waals surface area contributed by atoms with Crippen LogP contribution in [0.1, 0.15) is 65.4 Å². The average Bonchev–Trinajstić information content (AvgIpc) is 3.49. The Balaban J connectivity index is 1.67. The number of nitrogens with zero attached hydrogens (tertiary/aromatic N) is 1. The van der Waals surface area contributed by atoms with Gasteiger partial charge in [0.25, 0.3) is 0 Å². The number of para-hydroxylation sites is 1. The van der Waals surface area contributed by atoms with Crippen LogP contribution in [0.5, 0.6) is 0 Å². The summed E-state index contributed by atoms with van der Waals surface area (Å²) >= 11 is 0. The molecule has 2 aliphatic rings. The first-order chi connectivity index (χ1) is 18.2. The molecule has 9 nitrogen and oxygen atoms in total. The quantitative estimate of drug-likeness (QED) is 0.481. The molecule has 1 aromatic carbocycles. The molecule has 9 heteroatoms. The van der Waals surface area contributed by atoms with E-state index in [1.54, 1.807) is 11.8 Å². The van der Waals surface area contributed by atoms with Crippen molar-refractivity contribution >= 4 is 34.5 Å². The summed E-state index contributed by atoms with van der Waals surface area (Å²) in [5.74, 6) is -0.455. The normalized spacial score (nSPS) is 27.2. The number of carbonyl (C=O) groups is 4. The van der Waals surface area contributed by atoms with Gasteiger partial charge in [0.15, 0.2) is 0 Å². The van der Waals surface area contributed by atoms with Crippen molar-refractivity contribution in [3.8, 4) is 0 Å². The molecule has 4 rings (SSSR count). The number of aromatic nitrogens is 1. The second-order valence-electron chi connectivity index (χ2n) is 11.3. The molecule has 4 amide bonds. The molecule has 38 heavy (non-hydrogen) atoms. The fourth-order valence-electron chi connectivity index (χ4n) is 5.67. The Bertz CT molecular complexity index is 1170. The molecule has 206 valence electrons. The van der Waals surface area contributed by atoms with Gasteiger partial charge in [0.2, 0.25) is 23.6 Å². The molecule has 4 N–H and O–H groups in total. The minimum atomic E-state index is -0.827. The highest BCUT2D eigenvalue weighted by atomic mass is 16.2. The number of amides is 4. The van der Waals surface area contributed by atoms with Gasteiger partial charge in [0.05, 0.1) is 0 Å². The zero-order valence-electron chi connectivity index (χ0n) is 22.9. The number of aromatic amines is 1. The van der Waals surface area contributed by atoms with Gasteiger partial charge in [0.1, 0.15) is 12.1 Å².